The Hall–Kier alpha value is -2.54. The van der Waals surface area contributed by atoms with Gasteiger partial charge in [-0.25, -0.2) is 4.79 Å². The van der Waals surface area contributed by atoms with Crippen molar-refractivity contribution in [3.8, 4) is 5.75 Å². The molecule has 3 amide bonds. The smallest absolute Gasteiger partial charge is 0.322 e. The molecule has 6 nitrogen and oxygen atoms in total. The molecule has 132 valence electrons. The lowest BCUT2D eigenvalue weighted by molar-refractivity contribution is -0.119. The van der Waals surface area contributed by atoms with E-state index in [0.29, 0.717) is 12.3 Å². The Balaban J connectivity index is 1.68. The Morgan fingerprint density at radius 1 is 1.40 bits per heavy atom. The molecule has 2 aromatic rings. The van der Waals surface area contributed by atoms with Crippen LogP contribution in [0.4, 0.5) is 10.5 Å². The van der Waals surface area contributed by atoms with Gasteiger partial charge in [-0.05, 0) is 61.0 Å². The maximum atomic E-state index is 12.7. The van der Waals surface area contributed by atoms with Crippen molar-refractivity contribution >= 4 is 29.0 Å². The molecule has 0 radical (unpaired) electrons. The molecular formula is C18H21N3O3S. The molecule has 1 aliphatic rings. The number of carbonyl (C=O) groups excluding carboxylic acids is 2. The summed E-state index contributed by atoms with van der Waals surface area (Å²) in [6, 6.07) is 7.30. The third kappa shape index (κ3) is 3.76. The van der Waals surface area contributed by atoms with Gasteiger partial charge in [0.05, 0.1) is 6.04 Å². The predicted molar refractivity (Wildman–Crippen MR) is 98.0 cm³/mol. The van der Waals surface area contributed by atoms with Crippen LogP contribution in [0.5, 0.6) is 5.75 Å². The van der Waals surface area contributed by atoms with Crippen molar-refractivity contribution in [3.63, 3.8) is 0 Å². The van der Waals surface area contributed by atoms with Crippen molar-refractivity contribution in [3.05, 3.63) is 45.6 Å². The van der Waals surface area contributed by atoms with Crippen LogP contribution in [-0.4, -0.2) is 30.0 Å². The Morgan fingerprint density at radius 2 is 2.20 bits per heavy atom. The van der Waals surface area contributed by atoms with E-state index in [9.17, 15) is 9.59 Å². The Bertz CT molecular complexity index is 803. The molecule has 0 saturated carbocycles. The number of primary amides is 1. The minimum atomic E-state index is -0.526. The number of hydrogen-bond donors (Lipinski definition) is 2. The number of rotatable bonds is 4. The summed E-state index contributed by atoms with van der Waals surface area (Å²) in [7, 11) is 0. The normalized spacial score (nSPS) is 16.2. The van der Waals surface area contributed by atoms with Gasteiger partial charge in [-0.1, -0.05) is 0 Å². The number of aryl methyl sites for hydroxylation is 1. The van der Waals surface area contributed by atoms with Crippen LogP contribution >= 0.6 is 11.3 Å². The summed E-state index contributed by atoms with van der Waals surface area (Å²) < 4.78 is 5.28. The predicted octanol–water partition coefficient (Wildman–Crippen LogP) is 3.07. The van der Waals surface area contributed by atoms with E-state index in [1.165, 1.54) is 10.4 Å². The van der Waals surface area contributed by atoms with E-state index < -0.39 is 5.91 Å². The second-order valence-corrected chi connectivity index (χ2v) is 7.08. The van der Waals surface area contributed by atoms with E-state index >= 15 is 0 Å². The average Bonchev–Trinajstić information content (AvgIpc) is 3.05. The van der Waals surface area contributed by atoms with Gasteiger partial charge < -0.3 is 20.7 Å². The van der Waals surface area contributed by atoms with Crippen molar-refractivity contribution in [1.82, 2.24) is 4.90 Å². The highest BCUT2D eigenvalue weighted by molar-refractivity contribution is 7.10. The molecular weight excluding hydrogens is 338 g/mol. The topological polar surface area (TPSA) is 84.7 Å². The molecule has 0 saturated heterocycles. The van der Waals surface area contributed by atoms with Crippen LogP contribution in [0.2, 0.25) is 0 Å². The van der Waals surface area contributed by atoms with E-state index in [1.54, 1.807) is 29.5 Å². The first-order valence-corrected chi connectivity index (χ1v) is 8.99. The molecule has 3 rings (SSSR count). The van der Waals surface area contributed by atoms with Gasteiger partial charge in [-0.15, -0.1) is 11.3 Å². The highest BCUT2D eigenvalue weighted by Gasteiger charge is 2.28. The Kier molecular flexibility index (Phi) is 4.94. The quantitative estimate of drug-likeness (QED) is 0.880. The monoisotopic (exact) mass is 359 g/mol. The summed E-state index contributed by atoms with van der Waals surface area (Å²) >= 11 is 1.75. The maximum absolute atomic E-state index is 12.7. The largest absolute Gasteiger partial charge is 0.484 e. The van der Waals surface area contributed by atoms with Gasteiger partial charge in [0.1, 0.15) is 5.75 Å². The van der Waals surface area contributed by atoms with Crippen LogP contribution in [0.15, 0.2) is 29.6 Å². The van der Waals surface area contributed by atoms with Gasteiger partial charge in [-0.3, -0.25) is 4.79 Å². The molecule has 1 aliphatic heterocycles. The molecule has 7 heteroatoms. The van der Waals surface area contributed by atoms with Crippen LogP contribution in [0.25, 0.3) is 0 Å². The van der Waals surface area contributed by atoms with Gasteiger partial charge in [0.25, 0.3) is 5.91 Å². The number of nitrogens with one attached hydrogen (secondary N) is 1. The molecule has 1 atom stereocenters. The summed E-state index contributed by atoms with van der Waals surface area (Å²) in [5, 5.41) is 5.05. The van der Waals surface area contributed by atoms with E-state index in [4.69, 9.17) is 10.5 Å². The number of benzene rings is 1. The Labute approximate surface area is 150 Å². The van der Waals surface area contributed by atoms with Gasteiger partial charge in [-0.2, -0.15) is 0 Å². The van der Waals surface area contributed by atoms with Crippen LogP contribution in [0, 0.1) is 6.92 Å². The highest BCUT2D eigenvalue weighted by atomic mass is 32.1. The number of ether oxygens (including phenoxy) is 1. The fraction of sp³-hybridized carbons (Fsp3) is 0.333. The van der Waals surface area contributed by atoms with Gasteiger partial charge in [0.15, 0.2) is 6.61 Å². The minimum Gasteiger partial charge on any atom is -0.484 e. The van der Waals surface area contributed by atoms with Crippen molar-refractivity contribution < 1.29 is 14.3 Å². The molecule has 3 N–H and O–H groups in total. The molecule has 2 heterocycles. The molecule has 1 aromatic heterocycles. The first-order valence-electron chi connectivity index (χ1n) is 8.11. The van der Waals surface area contributed by atoms with E-state index in [-0.39, 0.29) is 18.7 Å². The first-order chi connectivity index (χ1) is 12.0. The average molecular weight is 359 g/mol. The lowest BCUT2D eigenvalue weighted by atomic mass is 10.0. The number of carbonyl (C=O) groups is 2. The SMILES string of the molecule is Cc1cc(OCC(N)=O)ccc1NC(=O)N1CCc2sccc2[C@H]1C. The number of urea groups is 1. The maximum Gasteiger partial charge on any atom is 0.322 e. The lowest BCUT2D eigenvalue weighted by Gasteiger charge is -2.33. The van der Waals surface area contributed by atoms with Crippen molar-refractivity contribution in [2.45, 2.75) is 26.3 Å². The first kappa shape index (κ1) is 17.3. The standard InChI is InChI=1S/C18H21N3O3S/c1-11-9-13(24-10-17(19)22)3-4-15(11)20-18(23)21-7-5-16-14(12(21)2)6-8-25-16/h3-4,6,8-9,12H,5,7,10H2,1-2H3,(H2,19,22)(H,20,23)/t12-/m1/s1. The molecule has 0 bridgehead atoms. The number of hydrogen-bond acceptors (Lipinski definition) is 4. The van der Waals surface area contributed by atoms with E-state index in [0.717, 1.165) is 17.7 Å². The number of amides is 3. The van der Waals surface area contributed by atoms with Crippen LogP contribution in [-0.2, 0) is 11.2 Å². The lowest BCUT2D eigenvalue weighted by Crippen LogP contribution is -2.41. The molecule has 25 heavy (non-hydrogen) atoms. The third-order valence-electron chi connectivity index (χ3n) is 4.36. The summed E-state index contributed by atoms with van der Waals surface area (Å²) in [5.41, 5.74) is 7.88. The molecule has 0 unspecified atom stereocenters. The zero-order valence-electron chi connectivity index (χ0n) is 14.2. The molecule has 0 spiro atoms. The second-order valence-electron chi connectivity index (χ2n) is 6.08. The Morgan fingerprint density at radius 3 is 2.92 bits per heavy atom. The fourth-order valence-corrected chi connectivity index (χ4v) is 3.96. The van der Waals surface area contributed by atoms with Gasteiger partial charge >= 0.3 is 6.03 Å². The van der Waals surface area contributed by atoms with Gasteiger partial charge in [0.2, 0.25) is 0 Å². The summed E-state index contributed by atoms with van der Waals surface area (Å²) in [4.78, 5) is 26.7. The minimum absolute atomic E-state index is 0.0634. The summed E-state index contributed by atoms with van der Waals surface area (Å²) in [6.07, 6.45) is 0.892. The van der Waals surface area contributed by atoms with E-state index in [1.807, 2.05) is 11.8 Å². The number of nitrogens with zero attached hydrogens (tertiary/aromatic N) is 1. The summed E-state index contributed by atoms with van der Waals surface area (Å²) in [5.74, 6) is 0.0190. The summed E-state index contributed by atoms with van der Waals surface area (Å²) in [6.45, 7) is 4.47. The number of thiophene rings is 1. The van der Waals surface area contributed by atoms with E-state index in [2.05, 4.69) is 23.7 Å². The van der Waals surface area contributed by atoms with Crippen molar-refractivity contribution in [2.24, 2.45) is 5.73 Å². The number of nitrogens with two attached hydrogens (primary N) is 1. The highest BCUT2D eigenvalue weighted by Crippen LogP contribution is 2.33. The zero-order chi connectivity index (χ0) is 18.0. The van der Waals surface area contributed by atoms with Crippen LogP contribution in [0.1, 0.15) is 29.0 Å². The molecule has 0 aliphatic carbocycles. The second kappa shape index (κ2) is 7.14. The number of anilines is 1. The fourth-order valence-electron chi connectivity index (χ4n) is 2.99. The van der Waals surface area contributed by atoms with Crippen molar-refractivity contribution in [1.29, 1.82) is 0 Å². The zero-order valence-corrected chi connectivity index (χ0v) is 15.1. The number of fused-ring (bicyclic) bond motifs is 1. The molecule has 1 aromatic carbocycles. The van der Waals surface area contributed by atoms with Crippen molar-refractivity contribution in [2.75, 3.05) is 18.5 Å². The van der Waals surface area contributed by atoms with Gasteiger partial charge in [0, 0.05) is 17.1 Å². The van der Waals surface area contributed by atoms with Crippen LogP contribution < -0.4 is 15.8 Å². The van der Waals surface area contributed by atoms with Crippen LogP contribution in [0.3, 0.4) is 0 Å². The third-order valence-corrected chi connectivity index (χ3v) is 5.36. The molecule has 0 fully saturated rings.